The SMILES string of the molecule is CCCCC/C=C/C/C=C/C/C=C/CCCCCCCCCCCC(=O)OCC(COCCC(C(=O)[O-])[N+](C)(C)C)OC(=O)CCCCCCCCC. The second-order valence-corrected chi connectivity index (χ2v) is 15.6. The van der Waals surface area contributed by atoms with Crippen LogP contribution < -0.4 is 5.11 Å². The molecule has 0 rings (SSSR count). The highest BCUT2D eigenvalue weighted by Gasteiger charge is 2.25. The summed E-state index contributed by atoms with van der Waals surface area (Å²) >= 11 is 0. The van der Waals surface area contributed by atoms with Gasteiger partial charge in [-0.25, -0.2) is 0 Å². The lowest BCUT2D eigenvalue weighted by Gasteiger charge is -2.34. The minimum Gasteiger partial charge on any atom is -0.544 e. The number of allylic oxidation sites excluding steroid dienone is 6. The van der Waals surface area contributed by atoms with Crippen LogP contribution in [0.3, 0.4) is 0 Å². The highest BCUT2D eigenvalue weighted by Crippen LogP contribution is 2.14. The van der Waals surface area contributed by atoms with Crippen molar-refractivity contribution in [3.63, 3.8) is 0 Å². The zero-order valence-electron chi connectivity index (χ0n) is 34.9. The zero-order chi connectivity index (χ0) is 39.3. The monoisotopic (exact) mass is 748 g/mol. The van der Waals surface area contributed by atoms with E-state index in [2.05, 4.69) is 50.3 Å². The molecular weight excluding hydrogens is 666 g/mol. The van der Waals surface area contributed by atoms with Crippen LogP contribution >= 0.6 is 0 Å². The van der Waals surface area contributed by atoms with E-state index in [1.54, 1.807) is 21.1 Å². The average Bonchev–Trinajstić information content (AvgIpc) is 3.11. The molecule has 8 nitrogen and oxygen atoms in total. The zero-order valence-corrected chi connectivity index (χ0v) is 34.9. The van der Waals surface area contributed by atoms with E-state index in [4.69, 9.17) is 14.2 Å². The summed E-state index contributed by atoms with van der Waals surface area (Å²) in [6.07, 6.45) is 40.4. The van der Waals surface area contributed by atoms with Crippen molar-refractivity contribution in [3.05, 3.63) is 36.5 Å². The van der Waals surface area contributed by atoms with E-state index in [9.17, 15) is 19.5 Å². The van der Waals surface area contributed by atoms with Gasteiger partial charge in [-0.3, -0.25) is 9.59 Å². The number of carbonyl (C=O) groups excluding carboxylic acids is 3. The van der Waals surface area contributed by atoms with Gasteiger partial charge in [0.05, 0.1) is 40.3 Å². The Hall–Kier alpha value is -2.45. The molecule has 0 heterocycles. The third-order valence-electron chi connectivity index (χ3n) is 9.53. The van der Waals surface area contributed by atoms with Gasteiger partial charge in [0.1, 0.15) is 12.6 Å². The van der Waals surface area contributed by atoms with Crippen molar-refractivity contribution in [1.82, 2.24) is 0 Å². The maximum Gasteiger partial charge on any atom is 0.306 e. The maximum atomic E-state index is 12.6. The average molecular weight is 748 g/mol. The van der Waals surface area contributed by atoms with Crippen molar-refractivity contribution in [2.24, 2.45) is 0 Å². The molecule has 0 spiro atoms. The van der Waals surface area contributed by atoms with Crippen LogP contribution in [-0.4, -0.2) is 75.5 Å². The summed E-state index contributed by atoms with van der Waals surface area (Å²) in [4.78, 5) is 36.6. The number of carboxylic acids is 1. The van der Waals surface area contributed by atoms with Crippen LogP contribution in [0, 0.1) is 0 Å². The lowest BCUT2D eigenvalue weighted by Crippen LogP contribution is -2.55. The van der Waals surface area contributed by atoms with Gasteiger partial charge in [-0.2, -0.15) is 0 Å². The Bertz CT molecular complexity index is 968. The fourth-order valence-electron chi connectivity index (χ4n) is 6.14. The van der Waals surface area contributed by atoms with Crippen molar-refractivity contribution < 1.29 is 38.2 Å². The predicted octanol–water partition coefficient (Wildman–Crippen LogP) is 10.1. The molecule has 0 aromatic heterocycles. The number of carboxylic acid groups (broad SMARTS) is 1. The summed E-state index contributed by atoms with van der Waals surface area (Å²) in [5, 5.41) is 11.6. The van der Waals surface area contributed by atoms with Crippen LogP contribution in [0.15, 0.2) is 36.5 Å². The van der Waals surface area contributed by atoms with Crippen LogP contribution in [0.5, 0.6) is 0 Å². The molecule has 2 unspecified atom stereocenters. The van der Waals surface area contributed by atoms with E-state index in [0.717, 1.165) is 51.4 Å². The largest absolute Gasteiger partial charge is 0.544 e. The molecule has 2 atom stereocenters. The Morgan fingerprint density at radius 1 is 0.566 bits per heavy atom. The van der Waals surface area contributed by atoms with E-state index >= 15 is 0 Å². The Morgan fingerprint density at radius 2 is 1.00 bits per heavy atom. The maximum absolute atomic E-state index is 12.6. The number of rotatable bonds is 38. The second kappa shape index (κ2) is 36.5. The summed E-state index contributed by atoms with van der Waals surface area (Å²) in [7, 11) is 5.39. The van der Waals surface area contributed by atoms with Gasteiger partial charge in [0.25, 0.3) is 0 Å². The Labute approximate surface area is 325 Å². The minimum atomic E-state index is -1.13. The molecule has 0 bridgehead atoms. The van der Waals surface area contributed by atoms with Crippen LogP contribution in [-0.2, 0) is 28.6 Å². The fraction of sp³-hybridized carbons (Fsp3) is 0.800. The summed E-state index contributed by atoms with van der Waals surface area (Å²) in [5.41, 5.74) is 0. The number of likely N-dealkylation sites (N-methyl/N-ethyl adjacent to an activating group) is 1. The topological polar surface area (TPSA) is 102 Å². The molecule has 0 fully saturated rings. The number of ether oxygens (including phenoxy) is 3. The highest BCUT2D eigenvalue weighted by molar-refractivity contribution is 5.70. The van der Waals surface area contributed by atoms with Gasteiger partial charge >= 0.3 is 11.9 Å². The first-order chi connectivity index (χ1) is 25.6. The van der Waals surface area contributed by atoms with Crippen LogP contribution in [0.25, 0.3) is 0 Å². The molecule has 0 N–H and O–H groups in total. The number of esters is 2. The molecule has 0 amide bonds. The Kier molecular flexibility index (Phi) is 34.8. The number of carbonyl (C=O) groups is 3. The van der Waals surface area contributed by atoms with Crippen LogP contribution in [0.4, 0.5) is 0 Å². The Morgan fingerprint density at radius 3 is 1.51 bits per heavy atom. The van der Waals surface area contributed by atoms with Gasteiger partial charge in [0.2, 0.25) is 0 Å². The number of quaternary nitrogens is 1. The van der Waals surface area contributed by atoms with E-state index in [1.807, 2.05) is 0 Å². The number of unbranched alkanes of at least 4 members (excludes halogenated alkanes) is 18. The van der Waals surface area contributed by atoms with Gasteiger partial charge in [-0.05, 0) is 51.4 Å². The molecule has 0 saturated heterocycles. The first-order valence-corrected chi connectivity index (χ1v) is 21.5. The second-order valence-electron chi connectivity index (χ2n) is 15.6. The molecule has 8 heteroatoms. The molecule has 53 heavy (non-hydrogen) atoms. The summed E-state index contributed by atoms with van der Waals surface area (Å²) in [6, 6.07) is -0.723. The van der Waals surface area contributed by atoms with Gasteiger partial charge in [-0.15, -0.1) is 0 Å². The molecule has 0 aromatic rings. The summed E-state index contributed by atoms with van der Waals surface area (Å²) in [5.74, 6) is -1.75. The number of nitrogens with zero attached hydrogens (tertiary/aromatic N) is 1. The molecular formula is C45H81NO7. The minimum absolute atomic E-state index is 0.0405. The molecule has 0 aromatic carbocycles. The molecule has 0 aliphatic carbocycles. The van der Waals surface area contributed by atoms with Crippen molar-refractivity contribution in [3.8, 4) is 0 Å². The number of hydrogen-bond acceptors (Lipinski definition) is 7. The standard InChI is InChI=1S/C45H81NO7/c1-6-8-10-12-14-15-16-17-18-19-20-21-22-23-24-25-26-27-28-30-31-33-35-43(47)52-40-41(39-51-38-37-42(45(49)50)46(3,4)5)53-44(48)36-34-32-29-13-11-9-7-2/h14-15,17-18,20-21,41-42H,6-13,16,19,22-40H2,1-5H3/b15-14+,18-17+,21-20+. The molecule has 308 valence electrons. The van der Waals surface area contributed by atoms with E-state index < -0.39 is 18.1 Å². The smallest absolute Gasteiger partial charge is 0.306 e. The van der Waals surface area contributed by atoms with Gasteiger partial charge in [-0.1, -0.05) is 147 Å². The molecule has 0 aliphatic heterocycles. The predicted molar refractivity (Wildman–Crippen MR) is 217 cm³/mol. The first-order valence-electron chi connectivity index (χ1n) is 21.5. The highest BCUT2D eigenvalue weighted by atomic mass is 16.6. The number of hydrogen-bond donors (Lipinski definition) is 0. The third kappa shape index (κ3) is 35.0. The van der Waals surface area contributed by atoms with Gasteiger partial charge in [0.15, 0.2) is 6.10 Å². The van der Waals surface area contributed by atoms with Crippen molar-refractivity contribution >= 4 is 17.9 Å². The normalized spacial score (nSPS) is 13.3. The van der Waals surface area contributed by atoms with Crippen LogP contribution in [0.2, 0.25) is 0 Å². The Balaban J connectivity index is 4.16. The number of aliphatic carboxylic acids is 1. The van der Waals surface area contributed by atoms with Gasteiger partial charge < -0.3 is 28.6 Å². The first kappa shape index (κ1) is 50.5. The van der Waals surface area contributed by atoms with Crippen molar-refractivity contribution in [1.29, 1.82) is 0 Å². The fourth-order valence-corrected chi connectivity index (χ4v) is 6.14. The lowest BCUT2D eigenvalue weighted by atomic mass is 10.1. The third-order valence-corrected chi connectivity index (χ3v) is 9.53. The van der Waals surface area contributed by atoms with E-state index in [1.165, 1.54) is 96.3 Å². The summed E-state index contributed by atoms with van der Waals surface area (Å²) in [6.45, 7) is 4.58. The van der Waals surface area contributed by atoms with Crippen molar-refractivity contribution in [2.45, 2.75) is 193 Å². The van der Waals surface area contributed by atoms with Crippen LogP contribution in [0.1, 0.15) is 181 Å². The quantitative estimate of drug-likeness (QED) is 0.0268. The molecule has 0 saturated carbocycles. The lowest BCUT2D eigenvalue weighted by molar-refractivity contribution is -0.889. The molecule has 0 aliphatic rings. The van der Waals surface area contributed by atoms with E-state index in [-0.39, 0.29) is 42.7 Å². The molecule has 0 radical (unpaired) electrons. The summed E-state index contributed by atoms with van der Waals surface area (Å²) < 4.78 is 17.1. The van der Waals surface area contributed by atoms with E-state index in [0.29, 0.717) is 12.8 Å². The van der Waals surface area contributed by atoms with Crippen molar-refractivity contribution in [2.75, 3.05) is 41.0 Å². The van der Waals surface area contributed by atoms with Gasteiger partial charge in [0, 0.05) is 19.3 Å².